The van der Waals surface area contributed by atoms with Gasteiger partial charge in [-0.05, 0) is 11.6 Å². The van der Waals surface area contributed by atoms with Crippen LogP contribution in [0.3, 0.4) is 0 Å². The van der Waals surface area contributed by atoms with Gasteiger partial charge in [0.1, 0.15) is 6.61 Å². The predicted molar refractivity (Wildman–Crippen MR) is 83.8 cm³/mol. The standard InChI is InChI=1S/C15H18ClN3O3/c1-21-7-6-19-9-13(8-17-19)18-15(20)11-22-10-12-4-2-3-5-14(12)16/h2-5,8-9H,6-7,10-11H2,1H3,(H,18,20). The smallest absolute Gasteiger partial charge is 0.250 e. The third-order valence-electron chi connectivity index (χ3n) is 2.89. The zero-order valence-corrected chi connectivity index (χ0v) is 13.0. The Kier molecular flexibility index (Phi) is 6.39. The summed E-state index contributed by atoms with van der Waals surface area (Å²) in [6.07, 6.45) is 3.33. The van der Waals surface area contributed by atoms with Crippen LogP contribution in [0.5, 0.6) is 0 Å². The maximum Gasteiger partial charge on any atom is 0.250 e. The molecule has 0 aliphatic carbocycles. The van der Waals surface area contributed by atoms with E-state index in [1.165, 1.54) is 0 Å². The third-order valence-corrected chi connectivity index (χ3v) is 3.26. The molecule has 0 saturated heterocycles. The number of ether oxygens (including phenoxy) is 2. The van der Waals surface area contributed by atoms with Crippen LogP contribution in [0, 0.1) is 0 Å². The minimum atomic E-state index is -0.238. The van der Waals surface area contributed by atoms with Crippen molar-refractivity contribution in [2.45, 2.75) is 13.2 Å². The first-order chi connectivity index (χ1) is 10.7. The highest BCUT2D eigenvalue weighted by atomic mass is 35.5. The second kappa shape index (κ2) is 8.53. The average Bonchev–Trinajstić information content (AvgIpc) is 2.94. The minimum Gasteiger partial charge on any atom is -0.383 e. The van der Waals surface area contributed by atoms with Gasteiger partial charge in [0, 0.05) is 18.3 Å². The van der Waals surface area contributed by atoms with Crippen LogP contribution in [0.2, 0.25) is 5.02 Å². The second-order valence-electron chi connectivity index (χ2n) is 4.62. The Bertz CT molecular complexity index is 616. The van der Waals surface area contributed by atoms with Crippen molar-refractivity contribution in [1.82, 2.24) is 9.78 Å². The summed E-state index contributed by atoms with van der Waals surface area (Å²) in [4.78, 5) is 11.8. The number of hydrogen-bond acceptors (Lipinski definition) is 4. The van der Waals surface area contributed by atoms with Crippen molar-refractivity contribution in [3.63, 3.8) is 0 Å². The van der Waals surface area contributed by atoms with Gasteiger partial charge in [0.05, 0.1) is 31.6 Å². The van der Waals surface area contributed by atoms with Crippen LogP contribution in [0.15, 0.2) is 36.7 Å². The SMILES string of the molecule is COCCn1cc(NC(=O)COCc2ccccc2Cl)cn1. The summed E-state index contributed by atoms with van der Waals surface area (Å²) in [5, 5.41) is 7.46. The van der Waals surface area contributed by atoms with E-state index in [1.54, 1.807) is 30.3 Å². The van der Waals surface area contributed by atoms with Crippen LogP contribution in [0.25, 0.3) is 0 Å². The van der Waals surface area contributed by atoms with Gasteiger partial charge in [-0.3, -0.25) is 9.48 Å². The van der Waals surface area contributed by atoms with E-state index in [9.17, 15) is 4.79 Å². The molecular weight excluding hydrogens is 306 g/mol. The molecule has 0 aliphatic rings. The van der Waals surface area contributed by atoms with Gasteiger partial charge in [0.2, 0.25) is 5.91 Å². The first-order valence-electron chi connectivity index (χ1n) is 6.81. The summed E-state index contributed by atoms with van der Waals surface area (Å²) in [6.45, 7) is 1.44. The quantitative estimate of drug-likeness (QED) is 0.810. The molecule has 6 nitrogen and oxygen atoms in total. The van der Waals surface area contributed by atoms with Gasteiger partial charge in [-0.2, -0.15) is 5.10 Å². The zero-order valence-electron chi connectivity index (χ0n) is 12.3. The Morgan fingerprint density at radius 3 is 3.00 bits per heavy atom. The molecule has 0 saturated carbocycles. The lowest BCUT2D eigenvalue weighted by atomic mass is 10.2. The van der Waals surface area contributed by atoms with Crippen molar-refractivity contribution >= 4 is 23.2 Å². The van der Waals surface area contributed by atoms with Gasteiger partial charge < -0.3 is 14.8 Å². The number of anilines is 1. The van der Waals surface area contributed by atoms with E-state index in [2.05, 4.69) is 10.4 Å². The lowest BCUT2D eigenvalue weighted by Crippen LogP contribution is -2.18. The summed E-state index contributed by atoms with van der Waals surface area (Å²) in [7, 11) is 1.63. The van der Waals surface area contributed by atoms with E-state index >= 15 is 0 Å². The molecule has 1 heterocycles. The fourth-order valence-corrected chi connectivity index (χ4v) is 1.99. The van der Waals surface area contributed by atoms with Crippen molar-refractivity contribution < 1.29 is 14.3 Å². The minimum absolute atomic E-state index is 0.0471. The summed E-state index contributed by atoms with van der Waals surface area (Å²) in [5.74, 6) is -0.238. The van der Waals surface area contributed by atoms with Gasteiger partial charge in [-0.1, -0.05) is 29.8 Å². The van der Waals surface area contributed by atoms with Crippen molar-refractivity contribution in [2.24, 2.45) is 0 Å². The molecule has 0 bridgehead atoms. The summed E-state index contributed by atoms with van der Waals surface area (Å²) >= 11 is 6.01. The third kappa shape index (κ3) is 5.14. The monoisotopic (exact) mass is 323 g/mol. The lowest BCUT2D eigenvalue weighted by Gasteiger charge is -2.06. The Hall–Kier alpha value is -1.89. The molecule has 1 amide bonds. The molecular formula is C15H18ClN3O3. The van der Waals surface area contributed by atoms with Crippen LogP contribution < -0.4 is 5.32 Å². The van der Waals surface area contributed by atoms with E-state index in [0.29, 0.717) is 30.5 Å². The fourth-order valence-electron chi connectivity index (χ4n) is 1.80. The van der Waals surface area contributed by atoms with Crippen LogP contribution in [0.1, 0.15) is 5.56 Å². The number of hydrogen-bond donors (Lipinski definition) is 1. The molecule has 0 unspecified atom stereocenters. The molecule has 0 atom stereocenters. The van der Waals surface area contributed by atoms with Crippen LogP contribution in [-0.4, -0.2) is 36.0 Å². The van der Waals surface area contributed by atoms with Gasteiger partial charge in [-0.25, -0.2) is 0 Å². The number of benzene rings is 1. The number of rotatable bonds is 8. The number of methoxy groups -OCH3 is 1. The van der Waals surface area contributed by atoms with Gasteiger partial charge in [0.25, 0.3) is 0 Å². The van der Waals surface area contributed by atoms with Crippen LogP contribution in [-0.2, 0) is 27.4 Å². The highest BCUT2D eigenvalue weighted by Crippen LogP contribution is 2.15. The molecule has 0 fully saturated rings. The molecule has 0 spiro atoms. The highest BCUT2D eigenvalue weighted by molar-refractivity contribution is 6.31. The first kappa shape index (κ1) is 16.5. The number of aromatic nitrogens is 2. The number of carbonyl (C=O) groups excluding carboxylic acids is 1. The number of nitrogens with zero attached hydrogens (tertiary/aromatic N) is 2. The normalized spacial score (nSPS) is 10.6. The number of amides is 1. The van der Waals surface area contributed by atoms with Gasteiger partial charge in [0.15, 0.2) is 0 Å². The Morgan fingerprint density at radius 1 is 1.41 bits per heavy atom. The fraction of sp³-hybridized carbons (Fsp3) is 0.333. The lowest BCUT2D eigenvalue weighted by molar-refractivity contribution is -0.121. The van der Waals surface area contributed by atoms with Crippen LogP contribution in [0.4, 0.5) is 5.69 Å². The van der Waals surface area contributed by atoms with Crippen molar-refractivity contribution in [2.75, 3.05) is 25.6 Å². The molecule has 7 heteroatoms. The van der Waals surface area contributed by atoms with E-state index in [0.717, 1.165) is 5.56 Å². The van der Waals surface area contributed by atoms with Crippen molar-refractivity contribution in [3.8, 4) is 0 Å². The maximum absolute atomic E-state index is 11.8. The summed E-state index contributed by atoms with van der Waals surface area (Å²) in [5.41, 5.74) is 1.48. The number of carbonyl (C=O) groups is 1. The largest absolute Gasteiger partial charge is 0.383 e. The molecule has 22 heavy (non-hydrogen) atoms. The highest BCUT2D eigenvalue weighted by Gasteiger charge is 2.06. The maximum atomic E-state index is 11.8. The van der Waals surface area contributed by atoms with Gasteiger partial charge in [-0.15, -0.1) is 0 Å². The second-order valence-corrected chi connectivity index (χ2v) is 5.02. The topological polar surface area (TPSA) is 65.4 Å². The zero-order chi connectivity index (χ0) is 15.8. The van der Waals surface area contributed by atoms with E-state index in [-0.39, 0.29) is 12.5 Å². The average molecular weight is 324 g/mol. The van der Waals surface area contributed by atoms with E-state index < -0.39 is 0 Å². The van der Waals surface area contributed by atoms with Gasteiger partial charge >= 0.3 is 0 Å². The number of nitrogens with one attached hydrogen (secondary N) is 1. The first-order valence-corrected chi connectivity index (χ1v) is 7.19. The molecule has 1 aromatic heterocycles. The number of halogens is 1. The molecule has 0 radical (unpaired) electrons. The van der Waals surface area contributed by atoms with Crippen LogP contribution >= 0.6 is 11.6 Å². The summed E-state index contributed by atoms with van der Waals surface area (Å²) in [6, 6.07) is 7.37. The Labute approximate surface area is 134 Å². The molecule has 2 aromatic rings. The molecule has 2 rings (SSSR count). The Morgan fingerprint density at radius 2 is 2.23 bits per heavy atom. The molecule has 0 aliphatic heterocycles. The molecule has 118 valence electrons. The van der Waals surface area contributed by atoms with E-state index in [1.807, 2.05) is 18.2 Å². The summed E-state index contributed by atoms with van der Waals surface area (Å²) < 4.78 is 12.0. The van der Waals surface area contributed by atoms with Crippen molar-refractivity contribution in [3.05, 3.63) is 47.2 Å². The Balaban J connectivity index is 1.74. The molecule has 1 N–H and O–H groups in total. The van der Waals surface area contributed by atoms with E-state index in [4.69, 9.17) is 21.1 Å². The van der Waals surface area contributed by atoms with Crippen molar-refractivity contribution in [1.29, 1.82) is 0 Å². The predicted octanol–water partition coefficient (Wildman–Crippen LogP) is 2.34. The molecule has 1 aromatic carbocycles.